The smallest absolute Gasteiger partial charge is 0.148 e. The van der Waals surface area contributed by atoms with Crippen LogP contribution in [0.5, 0.6) is 0 Å². The maximum absolute atomic E-state index is 5.50. The van der Waals surface area contributed by atoms with Crippen LogP contribution in [-0.2, 0) is 6.54 Å². The lowest BCUT2D eigenvalue weighted by molar-refractivity contribution is 0.960. The van der Waals surface area contributed by atoms with E-state index < -0.39 is 0 Å². The van der Waals surface area contributed by atoms with Gasteiger partial charge in [0.1, 0.15) is 10.0 Å². The summed E-state index contributed by atoms with van der Waals surface area (Å²) in [7, 11) is 0. The molecule has 15 heavy (non-hydrogen) atoms. The quantitative estimate of drug-likeness (QED) is 0.922. The van der Waals surface area contributed by atoms with Crippen LogP contribution in [0.25, 0.3) is 10.6 Å². The SMILES string of the molecule is Cc1cc(Br)ccc1-c1nnc(CN)s1. The van der Waals surface area contributed by atoms with Crippen molar-refractivity contribution >= 4 is 27.3 Å². The molecule has 0 fully saturated rings. The summed E-state index contributed by atoms with van der Waals surface area (Å²) >= 11 is 4.98. The van der Waals surface area contributed by atoms with Gasteiger partial charge in [-0.1, -0.05) is 33.3 Å². The number of aromatic nitrogens is 2. The van der Waals surface area contributed by atoms with Crippen LogP contribution in [0.15, 0.2) is 22.7 Å². The molecule has 1 aromatic heterocycles. The number of benzene rings is 1. The van der Waals surface area contributed by atoms with E-state index >= 15 is 0 Å². The second-order valence-corrected chi connectivity index (χ2v) is 5.14. The van der Waals surface area contributed by atoms with Crippen LogP contribution in [0.2, 0.25) is 0 Å². The van der Waals surface area contributed by atoms with Crippen molar-refractivity contribution in [2.75, 3.05) is 0 Å². The van der Waals surface area contributed by atoms with Gasteiger partial charge in [-0.3, -0.25) is 0 Å². The first-order chi connectivity index (χ1) is 7.20. The molecule has 0 aliphatic carbocycles. The van der Waals surface area contributed by atoms with E-state index in [4.69, 9.17) is 5.73 Å². The van der Waals surface area contributed by atoms with E-state index in [1.165, 1.54) is 5.56 Å². The van der Waals surface area contributed by atoms with Gasteiger partial charge in [-0.15, -0.1) is 10.2 Å². The van der Waals surface area contributed by atoms with Crippen molar-refractivity contribution in [3.8, 4) is 10.6 Å². The van der Waals surface area contributed by atoms with Crippen molar-refractivity contribution in [3.63, 3.8) is 0 Å². The summed E-state index contributed by atoms with van der Waals surface area (Å²) in [5, 5.41) is 9.93. The van der Waals surface area contributed by atoms with Crippen LogP contribution in [0.3, 0.4) is 0 Å². The maximum atomic E-state index is 5.50. The summed E-state index contributed by atoms with van der Waals surface area (Å²) in [4.78, 5) is 0. The summed E-state index contributed by atoms with van der Waals surface area (Å²) in [5.41, 5.74) is 7.81. The monoisotopic (exact) mass is 283 g/mol. The zero-order valence-electron chi connectivity index (χ0n) is 8.20. The first kappa shape index (κ1) is 10.7. The van der Waals surface area contributed by atoms with E-state index in [9.17, 15) is 0 Å². The van der Waals surface area contributed by atoms with Crippen molar-refractivity contribution in [2.45, 2.75) is 13.5 Å². The minimum atomic E-state index is 0.452. The first-order valence-corrected chi connectivity index (χ1v) is 6.10. The molecule has 0 amide bonds. The Morgan fingerprint density at radius 2 is 2.20 bits per heavy atom. The lowest BCUT2D eigenvalue weighted by Crippen LogP contribution is -1.94. The number of aryl methyl sites for hydroxylation is 1. The number of hydrogen-bond acceptors (Lipinski definition) is 4. The predicted molar refractivity (Wildman–Crippen MR) is 65.7 cm³/mol. The first-order valence-electron chi connectivity index (χ1n) is 4.49. The average molecular weight is 284 g/mol. The molecule has 0 saturated heterocycles. The Balaban J connectivity index is 2.44. The van der Waals surface area contributed by atoms with Crippen LogP contribution in [0.4, 0.5) is 0 Å². The van der Waals surface area contributed by atoms with Crippen molar-refractivity contribution in [1.82, 2.24) is 10.2 Å². The fourth-order valence-corrected chi connectivity index (χ4v) is 2.60. The van der Waals surface area contributed by atoms with Gasteiger partial charge < -0.3 is 5.73 Å². The van der Waals surface area contributed by atoms with E-state index in [0.29, 0.717) is 6.54 Å². The lowest BCUT2D eigenvalue weighted by Gasteiger charge is -2.01. The van der Waals surface area contributed by atoms with E-state index in [1.807, 2.05) is 12.1 Å². The molecular weight excluding hydrogens is 274 g/mol. The Morgan fingerprint density at radius 3 is 2.80 bits per heavy atom. The standard InChI is InChI=1S/C10H10BrN3S/c1-6-4-7(11)2-3-8(6)10-14-13-9(5-12)15-10/h2-4H,5,12H2,1H3. The van der Waals surface area contributed by atoms with Crippen LogP contribution in [-0.4, -0.2) is 10.2 Å². The van der Waals surface area contributed by atoms with E-state index in [2.05, 4.69) is 39.1 Å². The van der Waals surface area contributed by atoms with Crippen molar-refractivity contribution in [3.05, 3.63) is 33.2 Å². The fraction of sp³-hybridized carbons (Fsp3) is 0.200. The Hall–Kier alpha value is -0.780. The van der Waals surface area contributed by atoms with Gasteiger partial charge in [0.15, 0.2) is 0 Å². The molecule has 1 aromatic carbocycles. The Morgan fingerprint density at radius 1 is 1.40 bits per heavy atom. The van der Waals surface area contributed by atoms with Crippen LogP contribution < -0.4 is 5.73 Å². The third-order valence-electron chi connectivity index (χ3n) is 2.06. The molecule has 2 aromatic rings. The number of nitrogens with zero attached hydrogens (tertiary/aromatic N) is 2. The van der Waals surface area contributed by atoms with Gasteiger partial charge in [-0.2, -0.15) is 0 Å². The van der Waals surface area contributed by atoms with Crippen LogP contribution in [0, 0.1) is 6.92 Å². The summed E-state index contributed by atoms with van der Waals surface area (Å²) in [5.74, 6) is 0. The van der Waals surface area contributed by atoms with Gasteiger partial charge in [0.25, 0.3) is 0 Å². The molecule has 0 saturated carbocycles. The molecule has 2 N–H and O–H groups in total. The molecule has 78 valence electrons. The molecule has 0 aliphatic heterocycles. The molecule has 5 heteroatoms. The van der Waals surface area contributed by atoms with Crippen LogP contribution >= 0.6 is 27.3 Å². The van der Waals surface area contributed by atoms with Crippen molar-refractivity contribution in [1.29, 1.82) is 0 Å². The normalized spacial score (nSPS) is 10.6. The minimum absolute atomic E-state index is 0.452. The highest BCUT2D eigenvalue weighted by molar-refractivity contribution is 9.10. The number of nitrogens with two attached hydrogens (primary N) is 1. The second-order valence-electron chi connectivity index (χ2n) is 3.16. The molecule has 2 rings (SSSR count). The van der Waals surface area contributed by atoms with Crippen molar-refractivity contribution < 1.29 is 0 Å². The Bertz CT molecular complexity index is 481. The zero-order valence-corrected chi connectivity index (χ0v) is 10.6. The van der Waals surface area contributed by atoms with E-state index in [1.54, 1.807) is 11.3 Å². The molecule has 0 bridgehead atoms. The molecule has 0 radical (unpaired) electrons. The van der Waals surface area contributed by atoms with Gasteiger partial charge >= 0.3 is 0 Å². The summed E-state index contributed by atoms with van der Waals surface area (Å²) in [6.07, 6.45) is 0. The third kappa shape index (κ3) is 2.25. The Kier molecular flexibility index (Phi) is 3.14. The topological polar surface area (TPSA) is 51.8 Å². The van der Waals surface area contributed by atoms with Gasteiger partial charge in [0.05, 0.1) is 0 Å². The molecule has 3 nitrogen and oxygen atoms in total. The minimum Gasteiger partial charge on any atom is -0.324 e. The summed E-state index contributed by atoms with van der Waals surface area (Å²) in [6.45, 7) is 2.51. The average Bonchev–Trinajstić information content (AvgIpc) is 2.66. The van der Waals surface area contributed by atoms with E-state index in [0.717, 1.165) is 20.1 Å². The molecule has 1 heterocycles. The number of hydrogen-bond donors (Lipinski definition) is 1. The molecule has 0 atom stereocenters. The van der Waals surface area contributed by atoms with E-state index in [-0.39, 0.29) is 0 Å². The van der Waals surface area contributed by atoms with Crippen molar-refractivity contribution in [2.24, 2.45) is 5.73 Å². The molecule has 0 aliphatic rings. The fourth-order valence-electron chi connectivity index (χ4n) is 1.31. The third-order valence-corrected chi connectivity index (χ3v) is 3.53. The lowest BCUT2D eigenvalue weighted by atomic mass is 10.1. The number of rotatable bonds is 2. The van der Waals surface area contributed by atoms with Gasteiger partial charge in [0, 0.05) is 16.6 Å². The highest BCUT2D eigenvalue weighted by atomic mass is 79.9. The highest BCUT2D eigenvalue weighted by Gasteiger charge is 2.08. The maximum Gasteiger partial charge on any atom is 0.148 e. The Labute approximate surface area is 100 Å². The van der Waals surface area contributed by atoms with Crippen LogP contribution in [0.1, 0.15) is 10.6 Å². The van der Waals surface area contributed by atoms with Gasteiger partial charge in [0.2, 0.25) is 0 Å². The summed E-state index contributed by atoms with van der Waals surface area (Å²) < 4.78 is 1.08. The number of halogens is 1. The molecule has 0 spiro atoms. The predicted octanol–water partition coefficient (Wildman–Crippen LogP) is 2.73. The van der Waals surface area contributed by atoms with Gasteiger partial charge in [-0.25, -0.2) is 0 Å². The largest absolute Gasteiger partial charge is 0.324 e. The molecule has 0 unspecified atom stereocenters. The second kappa shape index (κ2) is 4.38. The highest BCUT2D eigenvalue weighted by Crippen LogP contribution is 2.28. The summed E-state index contributed by atoms with van der Waals surface area (Å²) in [6, 6.07) is 6.12. The zero-order chi connectivity index (χ0) is 10.8. The van der Waals surface area contributed by atoms with Gasteiger partial charge in [-0.05, 0) is 24.6 Å². The molecular formula is C10H10BrN3S.